The third-order valence-electron chi connectivity index (χ3n) is 4.19. The summed E-state index contributed by atoms with van der Waals surface area (Å²) < 4.78 is 65.4. The van der Waals surface area contributed by atoms with E-state index in [0.717, 1.165) is 17.0 Å². The summed E-state index contributed by atoms with van der Waals surface area (Å²) in [7, 11) is -0.469. The molecule has 0 saturated carbocycles. The lowest BCUT2D eigenvalue weighted by atomic mass is 10.2. The molecule has 166 valence electrons. The molecule has 0 bridgehead atoms. The first-order valence-corrected chi connectivity index (χ1v) is 11.5. The zero-order valence-electron chi connectivity index (χ0n) is 16.2. The Labute approximate surface area is 182 Å². The van der Waals surface area contributed by atoms with Gasteiger partial charge in [-0.25, -0.2) is 13.1 Å². The molecule has 0 fully saturated rings. The number of carbonyl (C=O) groups excluding carboxylic acids is 1. The Morgan fingerprint density at radius 3 is 2.53 bits per heavy atom. The highest BCUT2D eigenvalue weighted by molar-refractivity contribution is 7.89. The second kappa shape index (κ2) is 10.1. The van der Waals surface area contributed by atoms with Crippen LogP contribution in [0.2, 0.25) is 5.02 Å². The number of carbonyl (C=O) groups is 1. The Hall–Kier alpha value is -1.66. The van der Waals surface area contributed by atoms with E-state index in [1.807, 2.05) is 36.5 Å². The van der Waals surface area contributed by atoms with Crippen LogP contribution in [0.1, 0.15) is 22.9 Å². The van der Waals surface area contributed by atoms with Crippen LogP contribution in [0.3, 0.4) is 0 Å². The Balaban J connectivity index is 1.92. The fourth-order valence-electron chi connectivity index (χ4n) is 2.59. The number of sulfonamides is 1. The van der Waals surface area contributed by atoms with Crippen LogP contribution in [-0.4, -0.2) is 46.4 Å². The van der Waals surface area contributed by atoms with E-state index >= 15 is 0 Å². The smallest absolute Gasteiger partial charge is 0.354 e. The van der Waals surface area contributed by atoms with Crippen molar-refractivity contribution in [1.29, 1.82) is 0 Å². The lowest BCUT2D eigenvalue weighted by molar-refractivity contribution is -0.137. The molecule has 2 N–H and O–H groups in total. The lowest BCUT2D eigenvalue weighted by Crippen LogP contribution is -2.36. The molecule has 0 aliphatic heterocycles. The van der Waals surface area contributed by atoms with E-state index in [2.05, 4.69) is 10.0 Å². The van der Waals surface area contributed by atoms with Crippen LogP contribution in [0.4, 0.5) is 13.2 Å². The lowest BCUT2D eigenvalue weighted by Gasteiger charge is -2.23. The first-order valence-electron chi connectivity index (χ1n) is 8.75. The molecule has 2 rings (SSSR count). The number of benzene rings is 1. The largest absolute Gasteiger partial charge is 0.417 e. The maximum absolute atomic E-state index is 12.9. The molecule has 0 spiro atoms. The summed E-state index contributed by atoms with van der Waals surface area (Å²) in [6, 6.07) is 6.15. The van der Waals surface area contributed by atoms with Crippen molar-refractivity contribution in [3.05, 3.63) is 51.2 Å². The summed E-state index contributed by atoms with van der Waals surface area (Å²) in [5.74, 6) is -0.381. The van der Waals surface area contributed by atoms with Crippen LogP contribution in [-0.2, 0) is 21.0 Å². The van der Waals surface area contributed by atoms with E-state index in [-0.39, 0.29) is 24.9 Å². The van der Waals surface area contributed by atoms with Gasteiger partial charge in [-0.15, -0.1) is 11.3 Å². The summed E-state index contributed by atoms with van der Waals surface area (Å²) in [6.45, 7) is 0.0784. The molecule has 30 heavy (non-hydrogen) atoms. The van der Waals surface area contributed by atoms with Crippen molar-refractivity contribution in [3.63, 3.8) is 0 Å². The Morgan fingerprint density at radius 1 is 1.27 bits per heavy atom. The minimum Gasteiger partial charge on any atom is -0.354 e. The minimum atomic E-state index is -4.78. The van der Waals surface area contributed by atoms with E-state index in [0.29, 0.717) is 12.6 Å². The average molecular weight is 484 g/mol. The number of hydrogen-bond acceptors (Lipinski definition) is 5. The van der Waals surface area contributed by atoms with Crippen LogP contribution < -0.4 is 10.0 Å². The third kappa shape index (κ3) is 6.67. The molecule has 1 amide bonds. The first-order chi connectivity index (χ1) is 13.9. The molecular formula is C18H21ClF3N3O3S2. The quantitative estimate of drug-likeness (QED) is 0.572. The SMILES string of the molecule is CN(C)C(CNC(=O)CCNS(=O)(=O)c1ccc(Cl)c(C(F)(F)F)c1)c1cccs1. The van der Waals surface area contributed by atoms with Crippen molar-refractivity contribution in [2.75, 3.05) is 27.2 Å². The van der Waals surface area contributed by atoms with Crippen LogP contribution >= 0.6 is 22.9 Å². The molecule has 6 nitrogen and oxygen atoms in total. The highest BCUT2D eigenvalue weighted by Crippen LogP contribution is 2.35. The fourth-order valence-corrected chi connectivity index (χ4v) is 4.79. The van der Waals surface area contributed by atoms with Gasteiger partial charge < -0.3 is 10.2 Å². The van der Waals surface area contributed by atoms with Gasteiger partial charge in [-0.05, 0) is 43.7 Å². The average Bonchev–Trinajstić information content (AvgIpc) is 3.15. The van der Waals surface area contributed by atoms with Crippen LogP contribution in [0.25, 0.3) is 0 Å². The second-order valence-electron chi connectivity index (χ2n) is 6.59. The molecule has 1 aromatic carbocycles. The van der Waals surface area contributed by atoms with Crippen molar-refractivity contribution in [1.82, 2.24) is 14.9 Å². The normalized spacial score (nSPS) is 13.4. The summed E-state index contributed by atoms with van der Waals surface area (Å²) in [6.07, 6.45) is -4.95. The van der Waals surface area contributed by atoms with Crippen molar-refractivity contribution in [3.8, 4) is 0 Å². The van der Waals surface area contributed by atoms with Gasteiger partial charge in [-0.2, -0.15) is 13.2 Å². The fraction of sp³-hybridized carbons (Fsp3) is 0.389. The highest BCUT2D eigenvalue weighted by Gasteiger charge is 2.34. The van der Waals surface area contributed by atoms with Gasteiger partial charge in [0.15, 0.2) is 0 Å². The molecule has 2 aromatic rings. The number of halogens is 4. The molecule has 1 unspecified atom stereocenters. The van der Waals surface area contributed by atoms with E-state index in [1.54, 1.807) is 11.3 Å². The number of likely N-dealkylation sites (N-methyl/N-ethyl adjacent to an activating group) is 1. The third-order valence-corrected chi connectivity index (χ3v) is 6.95. The maximum atomic E-state index is 12.9. The zero-order valence-corrected chi connectivity index (χ0v) is 18.6. The summed E-state index contributed by atoms with van der Waals surface area (Å²) in [5.41, 5.74) is -1.24. The topological polar surface area (TPSA) is 78.5 Å². The standard InChI is InChI=1S/C18H21ClF3N3O3S2/c1-25(2)15(16-4-3-9-29-16)11-23-17(26)7-8-24-30(27,28)12-5-6-14(19)13(10-12)18(20,21)22/h3-6,9-10,15,24H,7-8,11H2,1-2H3,(H,23,26). The number of nitrogens with one attached hydrogen (secondary N) is 2. The number of hydrogen-bond donors (Lipinski definition) is 2. The van der Waals surface area contributed by atoms with Crippen molar-refractivity contribution in [2.24, 2.45) is 0 Å². The van der Waals surface area contributed by atoms with E-state index in [4.69, 9.17) is 11.6 Å². The van der Waals surface area contributed by atoms with Crippen molar-refractivity contribution >= 4 is 38.9 Å². The van der Waals surface area contributed by atoms with Crippen LogP contribution in [0.15, 0.2) is 40.6 Å². The summed E-state index contributed by atoms with van der Waals surface area (Å²) >= 11 is 7.06. The summed E-state index contributed by atoms with van der Waals surface area (Å²) in [5, 5.41) is 4.08. The number of amides is 1. The Morgan fingerprint density at radius 2 is 1.97 bits per heavy atom. The van der Waals surface area contributed by atoms with Gasteiger partial charge >= 0.3 is 6.18 Å². The van der Waals surface area contributed by atoms with Crippen LogP contribution in [0, 0.1) is 0 Å². The predicted molar refractivity (Wildman–Crippen MR) is 110 cm³/mol. The molecule has 1 aromatic heterocycles. The van der Waals surface area contributed by atoms with Crippen molar-refractivity contribution in [2.45, 2.75) is 23.5 Å². The zero-order chi connectivity index (χ0) is 22.5. The number of thiophene rings is 1. The van der Waals surface area contributed by atoms with Crippen LogP contribution in [0.5, 0.6) is 0 Å². The number of nitrogens with zero attached hydrogens (tertiary/aromatic N) is 1. The van der Waals surface area contributed by atoms with Gasteiger partial charge in [0.2, 0.25) is 15.9 Å². The molecule has 0 radical (unpaired) electrons. The first kappa shape index (κ1) is 24.6. The highest BCUT2D eigenvalue weighted by atomic mass is 35.5. The minimum absolute atomic E-state index is 0.0273. The molecule has 1 atom stereocenters. The van der Waals surface area contributed by atoms with Gasteiger partial charge in [-0.1, -0.05) is 17.7 Å². The van der Waals surface area contributed by atoms with Gasteiger partial charge in [0, 0.05) is 24.4 Å². The molecule has 12 heteroatoms. The van der Waals surface area contributed by atoms with E-state index < -0.39 is 31.7 Å². The van der Waals surface area contributed by atoms with Gasteiger partial charge in [0.05, 0.1) is 21.5 Å². The molecular weight excluding hydrogens is 463 g/mol. The second-order valence-corrected chi connectivity index (χ2v) is 9.74. The molecule has 0 aliphatic carbocycles. The van der Waals surface area contributed by atoms with E-state index in [1.165, 1.54) is 0 Å². The summed E-state index contributed by atoms with van der Waals surface area (Å²) in [4.78, 5) is 14.5. The number of rotatable bonds is 9. The van der Waals surface area contributed by atoms with Gasteiger partial charge in [0.1, 0.15) is 0 Å². The molecule has 1 heterocycles. The number of alkyl halides is 3. The van der Waals surface area contributed by atoms with E-state index in [9.17, 15) is 26.4 Å². The Bertz CT molecular complexity index is 965. The van der Waals surface area contributed by atoms with Gasteiger partial charge in [0.25, 0.3) is 0 Å². The molecule has 0 aliphatic rings. The predicted octanol–water partition coefficient (Wildman–Crippen LogP) is 3.51. The maximum Gasteiger partial charge on any atom is 0.417 e. The van der Waals surface area contributed by atoms with Gasteiger partial charge in [-0.3, -0.25) is 4.79 Å². The molecule has 0 saturated heterocycles. The van der Waals surface area contributed by atoms with Crippen molar-refractivity contribution < 1.29 is 26.4 Å². The monoisotopic (exact) mass is 483 g/mol. The Kier molecular flexibility index (Phi) is 8.28.